The number of nitrogens with one attached hydrogen (secondary N) is 2. The zero-order valence-corrected chi connectivity index (χ0v) is 21.9. The van der Waals surface area contributed by atoms with Gasteiger partial charge in [0.05, 0.1) is 18.3 Å². The van der Waals surface area contributed by atoms with Crippen LogP contribution in [-0.2, 0) is 4.74 Å². The lowest BCUT2D eigenvalue weighted by atomic mass is 10.3. The molecule has 37 heavy (non-hydrogen) atoms. The van der Waals surface area contributed by atoms with Crippen LogP contribution in [0.15, 0.2) is 24.5 Å². The van der Waals surface area contributed by atoms with Gasteiger partial charge >= 0.3 is 6.03 Å². The number of hydrogen-bond acceptors (Lipinski definition) is 9. The molecule has 0 aliphatic carbocycles. The van der Waals surface area contributed by atoms with E-state index in [-0.39, 0.29) is 12.1 Å². The number of carbonyl (C=O) groups excluding carboxylic acids is 1. The molecule has 0 atom stereocenters. The minimum absolute atomic E-state index is 0.0621. The van der Waals surface area contributed by atoms with Crippen molar-refractivity contribution in [3.63, 3.8) is 0 Å². The molecular weight excluding hydrogens is 472 g/mol. The SMILES string of the molecule is COCCNC(=O)N1CCN(c2nc(Nc3cc4c(cn3)cnn4C(C)C)cc(N3CCCC3)n2)CC1. The molecule has 5 rings (SSSR count). The third kappa shape index (κ3) is 5.68. The van der Waals surface area contributed by atoms with Crippen molar-refractivity contribution >= 4 is 40.3 Å². The van der Waals surface area contributed by atoms with Gasteiger partial charge in [0.25, 0.3) is 0 Å². The Morgan fingerprint density at radius 2 is 1.78 bits per heavy atom. The third-order valence-electron chi connectivity index (χ3n) is 6.79. The van der Waals surface area contributed by atoms with Gasteiger partial charge in [-0.25, -0.2) is 9.78 Å². The Hall–Kier alpha value is -3.67. The first kappa shape index (κ1) is 25.0. The number of aromatic nitrogens is 5. The van der Waals surface area contributed by atoms with Gasteiger partial charge in [0, 0.05) is 82.7 Å². The van der Waals surface area contributed by atoms with Gasteiger partial charge in [-0.2, -0.15) is 15.1 Å². The summed E-state index contributed by atoms with van der Waals surface area (Å²) >= 11 is 0. The highest BCUT2D eigenvalue weighted by Crippen LogP contribution is 2.27. The van der Waals surface area contributed by atoms with Crippen molar-refractivity contribution in [1.29, 1.82) is 0 Å². The number of hydrogen-bond donors (Lipinski definition) is 2. The number of urea groups is 1. The molecule has 0 saturated carbocycles. The average molecular weight is 509 g/mol. The Kier molecular flexibility index (Phi) is 7.54. The van der Waals surface area contributed by atoms with Crippen LogP contribution in [0.4, 0.5) is 28.2 Å². The molecule has 2 N–H and O–H groups in total. The van der Waals surface area contributed by atoms with Gasteiger partial charge < -0.3 is 30.1 Å². The number of carbonyl (C=O) groups is 1. The smallest absolute Gasteiger partial charge is 0.317 e. The van der Waals surface area contributed by atoms with Crippen LogP contribution in [0.2, 0.25) is 0 Å². The van der Waals surface area contributed by atoms with Gasteiger partial charge in [-0.3, -0.25) is 4.68 Å². The Morgan fingerprint density at radius 1 is 1.00 bits per heavy atom. The molecule has 0 radical (unpaired) electrons. The van der Waals surface area contributed by atoms with Crippen LogP contribution in [0.5, 0.6) is 0 Å². The van der Waals surface area contributed by atoms with Gasteiger partial charge in [0.2, 0.25) is 5.95 Å². The summed E-state index contributed by atoms with van der Waals surface area (Å²) in [6.07, 6.45) is 6.01. The number of piperazine rings is 1. The topological polar surface area (TPSA) is 117 Å². The van der Waals surface area contributed by atoms with Gasteiger partial charge in [-0.1, -0.05) is 0 Å². The molecule has 2 fully saturated rings. The molecule has 12 nitrogen and oxygen atoms in total. The molecule has 2 amide bonds. The van der Waals surface area contributed by atoms with Crippen molar-refractivity contribution in [3.8, 4) is 0 Å². The number of ether oxygens (including phenoxy) is 1. The van der Waals surface area contributed by atoms with Crippen LogP contribution >= 0.6 is 0 Å². The first-order chi connectivity index (χ1) is 18.0. The molecule has 198 valence electrons. The Labute approximate surface area is 217 Å². The molecule has 0 aromatic carbocycles. The van der Waals surface area contributed by atoms with E-state index < -0.39 is 0 Å². The summed E-state index contributed by atoms with van der Waals surface area (Å²) in [5.41, 5.74) is 1.03. The highest BCUT2D eigenvalue weighted by Gasteiger charge is 2.24. The first-order valence-corrected chi connectivity index (χ1v) is 13.0. The Balaban J connectivity index is 1.35. The Morgan fingerprint density at radius 3 is 2.51 bits per heavy atom. The maximum Gasteiger partial charge on any atom is 0.317 e. The third-order valence-corrected chi connectivity index (χ3v) is 6.79. The lowest BCUT2D eigenvalue weighted by Crippen LogP contribution is -2.52. The summed E-state index contributed by atoms with van der Waals surface area (Å²) in [6, 6.07) is 4.20. The predicted octanol–water partition coefficient (Wildman–Crippen LogP) is 2.62. The first-order valence-electron chi connectivity index (χ1n) is 13.0. The second kappa shape index (κ2) is 11.2. The number of pyridine rings is 1. The zero-order valence-electron chi connectivity index (χ0n) is 21.9. The normalized spacial score (nSPS) is 16.2. The fourth-order valence-electron chi connectivity index (χ4n) is 4.77. The fraction of sp³-hybridized carbons (Fsp3) is 0.560. The van der Waals surface area contributed by atoms with E-state index in [1.54, 1.807) is 7.11 Å². The summed E-state index contributed by atoms with van der Waals surface area (Å²) in [7, 11) is 1.62. The molecule has 0 spiro atoms. The van der Waals surface area contributed by atoms with E-state index >= 15 is 0 Å². The van der Waals surface area contributed by atoms with E-state index in [9.17, 15) is 4.79 Å². The Bertz CT molecular complexity index is 1220. The molecule has 2 aliphatic heterocycles. The lowest BCUT2D eigenvalue weighted by molar-refractivity contribution is 0.177. The number of rotatable bonds is 8. The zero-order chi connectivity index (χ0) is 25.8. The maximum absolute atomic E-state index is 12.4. The van der Waals surface area contributed by atoms with E-state index in [0.717, 1.165) is 42.7 Å². The van der Waals surface area contributed by atoms with Crippen molar-refractivity contribution in [2.24, 2.45) is 0 Å². The minimum atomic E-state index is -0.0621. The van der Waals surface area contributed by atoms with E-state index in [2.05, 4.69) is 44.4 Å². The quantitative estimate of drug-likeness (QED) is 0.443. The van der Waals surface area contributed by atoms with Crippen LogP contribution in [0, 0.1) is 0 Å². The van der Waals surface area contributed by atoms with Crippen molar-refractivity contribution in [3.05, 3.63) is 24.5 Å². The second-order valence-electron chi connectivity index (χ2n) is 9.74. The molecule has 3 aromatic heterocycles. The number of nitrogens with zero attached hydrogens (tertiary/aromatic N) is 8. The van der Waals surface area contributed by atoms with E-state index in [1.165, 1.54) is 0 Å². The van der Waals surface area contributed by atoms with Crippen molar-refractivity contribution < 1.29 is 9.53 Å². The molecule has 2 aliphatic rings. The summed E-state index contributed by atoms with van der Waals surface area (Å²) in [6.45, 7) is 9.75. The van der Waals surface area contributed by atoms with Crippen LogP contribution in [0.3, 0.4) is 0 Å². The number of anilines is 4. The van der Waals surface area contributed by atoms with E-state index in [4.69, 9.17) is 14.7 Å². The van der Waals surface area contributed by atoms with Crippen LogP contribution in [0.1, 0.15) is 32.7 Å². The molecule has 2 saturated heterocycles. The summed E-state index contributed by atoms with van der Waals surface area (Å²) in [5.74, 6) is 3.00. The van der Waals surface area contributed by atoms with E-state index in [0.29, 0.717) is 56.9 Å². The second-order valence-corrected chi connectivity index (χ2v) is 9.74. The van der Waals surface area contributed by atoms with Gasteiger partial charge in [-0.05, 0) is 26.7 Å². The fourth-order valence-corrected chi connectivity index (χ4v) is 4.77. The van der Waals surface area contributed by atoms with Crippen LogP contribution in [0.25, 0.3) is 10.9 Å². The maximum atomic E-state index is 12.4. The number of amides is 2. The van der Waals surface area contributed by atoms with Gasteiger partial charge in [-0.15, -0.1) is 0 Å². The average Bonchev–Trinajstić information content (AvgIpc) is 3.59. The van der Waals surface area contributed by atoms with Crippen LogP contribution < -0.4 is 20.4 Å². The largest absolute Gasteiger partial charge is 0.383 e. The van der Waals surface area contributed by atoms with E-state index in [1.807, 2.05) is 34.1 Å². The van der Waals surface area contributed by atoms with Crippen molar-refractivity contribution in [1.82, 2.24) is 34.9 Å². The summed E-state index contributed by atoms with van der Waals surface area (Å²) < 4.78 is 7.01. The molecule has 5 heterocycles. The van der Waals surface area contributed by atoms with Crippen LogP contribution in [-0.4, -0.2) is 95.2 Å². The predicted molar refractivity (Wildman–Crippen MR) is 144 cm³/mol. The lowest BCUT2D eigenvalue weighted by Gasteiger charge is -2.35. The van der Waals surface area contributed by atoms with Gasteiger partial charge in [0.1, 0.15) is 17.5 Å². The molecule has 0 unspecified atom stereocenters. The molecular formula is C25H36N10O2. The van der Waals surface area contributed by atoms with Crippen molar-refractivity contribution in [2.75, 3.05) is 74.6 Å². The highest BCUT2D eigenvalue weighted by atomic mass is 16.5. The molecule has 12 heteroatoms. The standard InChI is InChI=1S/C25H36N10O2/c1-18(2)35-20-14-21(27-16-19(20)17-28-35)29-22-15-23(32-7-4-5-8-32)31-24(30-22)33-9-11-34(12-10-33)25(36)26-6-13-37-3/h14-18H,4-13H2,1-3H3,(H,26,36)(H,27,29,30,31). The minimum Gasteiger partial charge on any atom is -0.383 e. The number of fused-ring (bicyclic) bond motifs is 1. The molecule has 3 aromatic rings. The summed E-state index contributed by atoms with van der Waals surface area (Å²) in [5, 5.41) is 11.8. The van der Waals surface area contributed by atoms with Gasteiger partial charge in [0.15, 0.2) is 0 Å². The monoisotopic (exact) mass is 508 g/mol. The summed E-state index contributed by atoms with van der Waals surface area (Å²) in [4.78, 5) is 33.1. The molecule has 0 bridgehead atoms. The number of methoxy groups -OCH3 is 1. The highest BCUT2D eigenvalue weighted by molar-refractivity contribution is 5.81. The van der Waals surface area contributed by atoms with Crippen molar-refractivity contribution in [2.45, 2.75) is 32.7 Å².